The lowest BCUT2D eigenvalue weighted by Crippen LogP contribution is -2.43. The highest BCUT2D eigenvalue weighted by atomic mass is 35.5. The van der Waals surface area contributed by atoms with Crippen molar-refractivity contribution in [2.45, 2.75) is 19.8 Å². The zero-order valence-corrected chi connectivity index (χ0v) is 17.2. The van der Waals surface area contributed by atoms with Crippen molar-refractivity contribution in [1.82, 2.24) is 4.90 Å². The van der Waals surface area contributed by atoms with Crippen LogP contribution in [0.15, 0.2) is 57.7 Å². The quantitative estimate of drug-likeness (QED) is 0.637. The topological polar surface area (TPSA) is 79.6 Å². The highest BCUT2D eigenvalue weighted by molar-refractivity contribution is 6.30. The number of fused-ring (bicyclic) bond motifs is 1. The summed E-state index contributed by atoms with van der Waals surface area (Å²) in [5.74, 6) is -0.569. The molecule has 2 amide bonds. The molecule has 154 valence electrons. The Morgan fingerprint density at radius 2 is 1.90 bits per heavy atom. The maximum atomic E-state index is 12.8. The van der Waals surface area contributed by atoms with Crippen LogP contribution in [0.25, 0.3) is 11.0 Å². The molecule has 1 fully saturated rings. The number of amides is 2. The van der Waals surface area contributed by atoms with E-state index in [1.807, 2.05) is 13.0 Å². The first-order valence-electron chi connectivity index (χ1n) is 9.81. The molecule has 1 saturated heterocycles. The first-order valence-corrected chi connectivity index (χ1v) is 10.2. The van der Waals surface area contributed by atoms with Crippen LogP contribution in [0.4, 0.5) is 5.69 Å². The number of nitrogens with zero attached hydrogens (tertiary/aromatic N) is 1. The molecule has 7 heteroatoms. The van der Waals surface area contributed by atoms with Gasteiger partial charge in [-0.15, -0.1) is 0 Å². The number of halogens is 1. The van der Waals surface area contributed by atoms with E-state index >= 15 is 0 Å². The number of hydrogen-bond donors (Lipinski definition) is 1. The monoisotopic (exact) mass is 424 g/mol. The van der Waals surface area contributed by atoms with Crippen LogP contribution in [0.2, 0.25) is 5.02 Å². The molecule has 0 bridgehead atoms. The predicted octanol–water partition coefficient (Wildman–Crippen LogP) is 4.25. The van der Waals surface area contributed by atoms with E-state index in [2.05, 4.69) is 5.32 Å². The summed E-state index contributed by atoms with van der Waals surface area (Å²) in [4.78, 5) is 38.9. The molecule has 0 unspecified atom stereocenters. The Kier molecular flexibility index (Phi) is 5.59. The Morgan fingerprint density at radius 3 is 2.67 bits per heavy atom. The van der Waals surface area contributed by atoms with Crippen molar-refractivity contribution in [3.8, 4) is 0 Å². The highest BCUT2D eigenvalue weighted by Crippen LogP contribution is 2.24. The SMILES string of the molecule is Cc1cc(=O)oc2cc(NC(=O)[C@@H]3CCCN(C(=O)c4ccc(Cl)cc4)C3)ccc12. The first kappa shape index (κ1) is 20.2. The number of nitrogens with one attached hydrogen (secondary N) is 1. The fourth-order valence-corrected chi connectivity index (χ4v) is 3.92. The van der Waals surface area contributed by atoms with Gasteiger partial charge < -0.3 is 14.6 Å². The second-order valence-corrected chi connectivity index (χ2v) is 7.98. The van der Waals surface area contributed by atoms with Crippen LogP contribution in [0.3, 0.4) is 0 Å². The van der Waals surface area contributed by atoms with E-state index in [4.69, 9.17) is 16.0 Å². The smallest absolute Gasteiger partial charge is 0.336 e. The first-order chi connectivity index (χ1) is 14.4. The third kappa shape index (κ3) is 4.24. The van der Waals surface area contributed by atoms with Crippen LogP contribution in [0, 0.1) is 12.8 Å². The Balaban J connectivity index is 1.47. The van der Waals surface area contributed by atoms with Crippen molar-refractivity contribution in [2.24, 2.45) is 5.92 Å². The summed E-state index contributed by atoms with van der Waals surface area (Å²) in [6, 6.07) is 13.5. The number of piperidine rings is 1. The normalized spacial score (nSPS) is 16.5. The van der Waals surface area contributed by atoms with Gasteiger partial charge in [0, 0.05) is 46.9 Å². The minimum atomic E-state index is -0.424. The molecule has 1 N–H and O–H groups in total. The lowest BCUT2D eigenvalue weighted by atomic mass is 9.96. The lowest BCUT2D eigenvalue weighted by molar-refractivity contribution is -0.121. The summed E-state index contributed by atoms with van der Waals surface area (Å²) >= 11 is 5.90. The molecule has 1 aromatic heterocycles. The number of benzene rings is 2. The average molecular weight is 425 g/mol. The molecule has 30 heavy (non-hydrogen) atoms. The molecule has 1 aliphatic heterocycles. The molecule has 0 saturated carbocycles. The minimum absolute atomic E-state index is 0.105. The average Bonchev–Trinajstić information content (AvgIpc) is 2.73. The third-order valence-electron chi connectivity index (χ3n) is 5.39. The lowest BCUT2D eigenvalue weighted by Gasteiger charge is -2.32. The zero-order chi connectivity index (χ0) is 21.3. The number of rotatable bonds is 3. The van der Waals surface area contributed by atoms with Crippen molar-refractivity contribution in [2.75, 3.05) is 18.4 Å². The van der Waals surface area contributed by atoms with Gasteiger partial charge in [-0.05, 0) is 61.7 Å². The summed E-state index contributed by atoms with van der Waals surface area (Å²) < 4.78 is 5.25. The molecule has 1 aliphatic rings. The minimum Gasteiger partial charge on any atom is -0.423 e. The Morgan fingerprint density at radius 1 is 1.13 bits per heavy atom. The van der Waals surface area contributed by atoms with E-state index in [-0.39, 0.29) is 17.7 Å². The molecular formula is C23H21ClN2O4. The Hall–Kier alpha value is -3.12. The summed E-state index contributed by atoms with van der Waals surface area (Å²) in [7, 11) is 0. The van der Waals surface area contributed by atoms with Gasteiger partial charge in [0.25, 0.3) is 5.91 Å². The van der Waals surface area contributed by atoms with Crippen LogP contribution in [-0.4, -0.2) is 29.8 Å². The van der Waals surface area contributed by atoms with Crippen molar-refractivity contribution < 1.29 is 14.0 Å². The summed E-state index contributed by atoms with van der Waals surface area (Å²) in [5, 5.41) is 4.29. The fraction of sp³-hybridized carbons (Fsp3) is 0.261. The van der Waals surface area contributed by atoms with Crippen LogP contribution in [0.1, 0.15) is 28.8 Å². The molecule has 0 radical (unpaired) electrons. The van der Waals surface area contributed by atoms with E-state index in [0.717, 1.165) is 17.4 Å². The van der Waals surface area contributed by atoms with Gasteiger partial charge in [-0.2, -0.15) is 0 Å². The molecule has 3 aromatic rings. The van der Waals surface area contributed by atoms with Crippen molar-refractivity contribution in [1.29, 1.82) is 0 Å². The number of hydrogen-bond acceptors (Lipinski definition) is 4. The van der Waals surface area contributed by atoms with E-state index in [1.165, 1.54) is 6.07 Å². The number of likely N-dealkylation sites (tertiary alicyclic amines) is 1. The van der Waals surface area contributed by atoms with Gasteiger partial charge >= 0.3 is 5.63 Å². The van der Waals surface area contributed by atoms with Gasteiger partial charge in [-0.3, -0.25) is 9.59 Å². The zero-order valence-electron chi connectivity index (χ0n) is 16.5. The predicted molar refractivity (Wildman–Crippen MR) is 116 cm³/mol. The molecule has 0 spiro atoms. The number of carbonyl (C=O) groups is 2. The Labute approximate surface area is 178 Å². The van der Waals surface area contributed by atoms with Gasteiger partial charge in [0.2, 0.25) is 5.91 Å². The van der Waals surface area contributed by atoms with Gasteiger partial charge in [0.15, 0.2) is 0 Å². The Bertz CT molecular complexity index is 1170. The van der Waals surface area contributed by atoms with E-state index < -0.39 is 5.63 Å². The van der Waals surface area contributed by atoms with Crippen LogP contribution in [0.5, 0.6) is 0 Å². The maximum Gasteiger partial charge on any atom is 0.336 e. The van der Waals surface area contributed by atoms with E-state index in [0.29, 0.717) is 41.4 Å². The molecule has 1 atom stereocenters. The summed E-state index contributed by atoms with van der Waals surface area (Å²) in [6.07, 6.45) is 1.46. The van der Waals surface area contributed by atoms with Gasteiger partial charge in [0.1, 0.15) is 5.58 Å². The fourth-order valence-electron chi connectivity index (χ4n) is 3.80. The second-order valence-electron chi connectivity index (χ2n) is 7.55. The van der Waals surface area contributed by atoms with Crippen molar-refractivity contribution >= 4 is 40.1 Å². The van der Waals surface area contributed by atoms with Crippen molar-refractivity contribution in [3.63, 3.8) is 0 Å². The molecular weight excluding hydrogens is 404 g/mol. The largest absolute Gasteiger partial charge is 0.423 e. The molecule has 2 aromatic carbocycles. The number of aryl methyl sites for hydroxylation is 1. The van der Waals surface area contributed by atoms with Crippen LogP contribution >= 0.6 is 11.6 Å². The van der Waals surface area contributed by atoms with Gasteiger partial charge in [0.05, 0.1) is 5.92 Å². The molecule has 6 nitrogen and oxygen atoms in total. The summed E-state index contributed by atoms with van der Waals surface area (Å²) in [5.41, 5.74) is 1.94. The van der Waals surface area contributed by atoms with Crippen LogP contribution in [-0.2, 0) is 4.79 Å². The summed E-state index contributed by atoms with van der Waals surface area (Å²) in [6.45, 7) is 2.81. The van der Waals surface area contributed by atoms with Crippen molar-refractivity contribution in [3.05, 3.63) is 75.1 Å². The second kappa shape index (κ2) is 8.32. The van der Waals surface area contributed by atoms with Crippen LogP contribution < -0.4 is 10.9 Å². The van der Waals surface area contributed by atoms with Gasteiger partial charge in [-0.1, -0.05) is 11.6 Å². The highest BCUT2D eigenvalue weighted by Gasteiger charge is 2.29. The molecule has 4 rings (SSSR count). The molecule has 2 heterocycles. The number of anilines is 1. The number of carbonyl (C=O) groups excluding carboxylic acids is 2. The van der Waals surface area contributed by atoms with Gasteiger partial charge in [-0.25, -0.2) is 4.79 Å². The molecule has 0 aliphatic carbocycles. The maximum absolute atomic E-state index is 12.8. The standard InChI is InChI=1S/C23H21ClN2O4/c1-14-11-21(27)30-20-12-18(8-9-19(14)20)25-22(28)16-3-2-10-26(13-16)23(29)15-4-6-17(24)7-5-15/h4-9,11-12,16H,2-3,10,13H2,1H3,(H,25,28)/t16-/m1/s1. The third-order valence-corrected chi connectivity index (χ3v) is 5.64. The van der Waals surface area contributed by atoms with E-state index in [9.17, 15) is 14.4 Å². The van der Waals surface area contributed by atoms with E-state index in [1.54, 1.807) is 41.3 Å².